The fraction of sp³-hybridized carbons (Fsp3) is 0.0667. The number of pyridine rings is 1. The Labute approximate surface area is 126 Å². The van der Waals surface area contributed by atoms with Crippen LogP contribution in [0, 0.1) is 0 Å². The van der Waals surface area contributed by atoms with Crippen molar-refractivity contribution >= 4 is 17.9 Å². The Bertz CT molecular complexity index is 672. The minimum absolute atomic E-state index is 0.0178. The number of carbonyl (C=O) groups excluding carboxylic acids is 2. The van der Waals surface area contributed by atoms with Crippen molar-refractivity contribution < 1.29 is 19.1 Å². The third kappa shape index (κ3) is 4.41. The fourth-order valence-electron chi connectivity index (χ4n) is 1.50. The summed E-state index contributed by atoms with van der Waals surface area (Å²) in [5.74, 6) is -0.634. The van der Waals surface area contributed by atoms with Crippen LogP contribution in [0.25, 0.3) is 0 Å². The molecule has 0 aliphatic carbocycles. The molecule has 2 rings (SSSR count). The second-order valence-corrected chi connectivity index (χ2v) is 4.06. The molecule has 1 amide bonds. The van der Waals surface area contributed by atoms with Crippen molar-refractivity contribution in [1.29, 1.82) is 0 Å². The normalized spacial score (nSPS) is 10.8. The number of amides is 1. The molecule has 0 spiro atoms. The first-order valence-electron chi connectivity index (χ1n) is 6.30. The minimum atomic E-state index is -0.944. The summed E-state index contributed by atoms with van der Waals surface area (Å²) in [5.41, 5.74) is 6.50. The lowest BCUT2D eigenvalue weighted by Gasteiger charge is -2.04. The molecule has 7 heteroatoms. The number of ether oxygens (including phenoxy) is 2. The van der Waals surface area contributed by atoms with Gasteiger partial charge in [-0.05, 0) is 12.1 Å². The van der Waals surface area contributed by atoms with Gasteiger partial charge in [-0.1, -0.05) is 30.3 Å². The van der Waals surface area contributed by atoms with Crippen molar-refractivity contribution in [2.24, 2.45) is 10.7 Å². The summed E-state index contributed by atoms with van der Waals surface area (Å²) in [6.45, 7) is -0.557. The van der Waals surface area contributed by atoms with Gasteiger partial charge in [-0.3, -0.25) is 4.98 Å². The smallest absolute Gasteiger partial charge is 0.424 e. The van der Waals surface area contributed by atoms with Crippen molar-refractivity contribution in [3.05, 3.63) is 66.0 Å². The third-order valence-electron chi connectivity index (χ3n) is 2.55. The number of amidine groups is 1. The zero-order chi connectivity index (χ0) is 15.8. The predicted molar refractivity (Wildman–Crippen MR) is 78.2 cm³/mol. The number of nitrogens with zero attached hydrogens (tertiary/aromatic N) is 2. The quantitative estimate of drug-likeness (QED) is 0.399. The summed E-state index contributed by atoms with van der Waals surface area (Å²) < 4.78 is 9.41. The highest BCUT2D eigenvalue weighted by Gasteiger charge is 2.09. The van der Waals surface area contributed by atoms with Gasteiger partial charge in [0.15, 0.2) is 0 Å². The molecule has 0 unspecified atom stereocenters. The Kier molecular flexibility index (Phi) is 5.20. The summed E-state index contributed by atoms with van der Waals surface area (Å²) in [5, 5.41) is 0. The zero-order valence-corrected chi connectivity index (χ0v) is 11.5. The predicted octanol–water partition coefficient (Wildman–Crippen LogP) is 1.74. The maximum absolute atomic E-state index is 11.6. The van der Waals surface area contributed by atoms with Crippen LogP contribution >= 0.6 is 0 Å². The van der Waals surface area contributed by atoms with Crippen LogP contribution in [-0.2, 0) is 9.47 Å². The molecule has 7 nitrogen and oxygen atoms in total. The Morgan fingerprint density at radius 3 is 2.45 bits per heavy atom. The maximum atomic E-state index is 11.6. The first-order valence-corrected chi connectivity index (χ1v) is 6.30. The molecule has 0 fully saturated rings. The molecule has 0 saturated heterocycles. The van der Waals surface area contributed by atoms with Crippen molar-refractivity contribution in [3.8, 4) is 0 Å². The number of aromatic nitrogens is 1. The average molecular weight is 299 g/mol. The maximum Gasteiger partial charge on any atom is 0.438 e. The monoisotopic (exact) mass is 299 g/mol. The SMILES string of the molecule is NC(=NC(=O)OCOC(=O)c1cccnc1)c1ccccc1. The van der Waals surface area contributed by atoms with E-state index in [4.69, 9.17) is 10.5 Å². The Hall–Kier alpha value is -3.22. The summed E-state index contributed by atoms with van der Waals surface area (Å²) in [6, 6.07) is 11.9. The molecule has 1 aromatic carbocycles. The number of esters is 1. The van der Waals surface area contributed by atoms with Gasteiger partial charge in [-0.25, -0.2) is 9.59 Å². The third-order valence-corrected chi connectivity index (χ3v) is 2.55. The minimum Gasteiger partial charge on any atom is -0.424 e. The average Bonchev–Trinajstić information content (AvgIpc) is 2.56. The topological polar surface area (TPSA) is 104 Å². The molecule has 0 bridgehead atoms. The van der Waals surface area contributed by atoms with Gasteiger partial charge in [0.25, 0.3) is 0 Å². The molecule has 1 heterocycles. The fourth-order valence-corrected chi connectivity index (χ4v) is 1.50. The highest BCUT2D eigenvalue weighted by Crippen LogP contribution is 2.01. The first-order chi connectivity index (χ1) is 10.7. The van der Waals surface area contributed by atoms with Crippen molar-refractivity contribution in [1.82, 2.24) is 4.98 Å². The number of hydrogen-bond acceptors (Lipinski definition) is 5. The van der Waals surface area contributed by atoms with Crippen molar-refractivity contribution in [2.75, 3.05) is 6.79 Å². The van der Waals surface area contributed by atoms with E-state index in [0.29, 0.717) is 5.56 Å². The van der Waals surface area contributed by atoms with E-state index in [1.54, 1.807) is 30.3 Å². The van der Waals surface area contributed by atoms with E-state index in [0.717, 1.165) is 0 Å². The van der Waals surface area contributed by atoms with Gasteiger partial charge in [0.1, 0.15) is 5.84 Å². The van der Waals surface area contributed by atoms with Crippen LogP contribution in [0.5, 0.6) is 0 Å². The van der Waals surface area contributed by atoms with Gasteiger partial charge < -0.3 is 15.2 Å². The standard InChI is InChI=1S/C15H13N3O4/c16-13(11-5-2-1-3-6-11)18-15(20)22-10-21-14(19)12-7-4-8-17-9-12/h1-9H,10H2,(H2,16,18,20). The van der Waals surface area contributed by atoms with Crippen molar-refractivity contribution in [2.45, 2.75) is 0 Å². The van der Waals surface area contributed by atoms with Crippen LogP contribution in [0.15, 0.2) is 59.9 Å². The van der Waals surface area contributed by atoms with Crippen LogP contribution in [0.2, 0.25) is 0 Å². The molecular weight excluding hydrogens is 286 g/mol. The van der Waals surface area contributed by atoms with Crippen LogP contribution in [-0.4, -0.2) is 29.7 Å². The molecule has 112 valence electrons. The second kappa shape index (κ2) is 7.53. The van der Waals surface area contributed by atoms with E-state index in [9.17, 15) is 9.59 Å². The highest BCUT2D eigenvalue weighted by molar-refractivity contribution is 6.02. The number of nitrogens with two attached hydrogens (primary N) is 1. The number of carbonyl (C=O) groups is 2. The van der Waals surface area contributed by atoms with Crippen molar-refractivity contribution in [3.63, 3.8) is 0 Å². The largest absolute Gasteiger partial charge is 0.438 e. The lowest BCUT2D eigenvalue weighted by Crippen LogP contribution is -2.17. The van der Waals surface area contributed by atoms with E-state index in [1.165, 1.54) is 18.5 Å². The van der Waals surface area contributed by atoms with E-state index in [2.05, 4.69) is 14.7 Å². The summed E-state index contributed by atoms with van der Waals surface area (Å²) in [4.78, 5) is 30.3. The number of aliphatic imine (C=N–C) groups is 1. The molecule has 0 radical (unpaired) electrons. The first kappa shape index (κ1) is 15.2. The Morgan fingerprint density at radius 1 is 1.05 bits per heavy atom. The van der Waals surface area contributed by atoms with E-state index in [1.807, 2.05) is 6.07 Å². The van der Waals surface area contributed by atoms with Gasteiger partial charge in [0.2, 0.25) is 6.79 Å². The number of hydrogen-bond donors (Lipinski definition) is 1. The number of benzene rings is 1. The lowest BCUT2D eigenvalue weighted by molar-refractivity contribution is 0.0000993. The van der Waals surface area contributed by atoms with E-state index >= 15 is 0 Å². The molecule has 0 saturated carbocycles. The molecular formula is C15H13N3O4. The van der Waals surface area contributed by atoms with Gasteiger partial charge in [0.05, 0.1) is 5.56 Å². The summed E-state index contributed by atoms with van der Waals surface area (Å²) in [7, 11) is 0. The molecule has 0 aliphatic heterocycles. The van der Waals surface area contributed by atoms with E-state index < -0.39 is 18.9 Å². The second-order valence-electron chi connectivity index (χ2n) is 4.06. The molecule has 1 aromatic heterocycles. The highest BCUT2D eigenvalue weighted by atomic mass is 16.7. The molecule has 2 N–H and O–H groups in total. The summed E-state index contributed by atoms with van der Waals surface area (Å²) in [6.07, 6.45) is 1.92. The summed E-state index contributed by atoms with van der Waals surface area (Å²) >= 11 is 0. The van der Waals surface area contributed by atoms with Crippen LogP contribution < -0.4 is 5.73 Å². The molecule has 2 aromatic rings. The van der Waals surface area contributed by atoms with E-state index in [-0.39, 0.29) is 11.4 Å². The zero-order valence-electron chi connectivity index (χ0n) is 11.5. The van der Waals surface area contributed by atoms with Gasteiger partial charge in [-0.15, -0.1) is 0 Å². The lowest BCUT2D eigenvalue weighted by atomic mass is 10.2. The number of rotatable bonds is 4. The Balaban J connectivity index is 1.82. The molecule has 0 aliphatic rings. The van der Waals surface area contributed by atoms with Gasteiger partial charge >= 0.3 is 12.1 Å². The van der Waals surface area contributed by atoms with Crippen LogP contribution in [0.1, 0.15) is 15.9 Å². The Morgan fingerprint density at radius 2 is 1.77 bits per heavy atom. The van der Waals surface area contributed by atoms with Crippen LogP contribution in [0.3, 0.4) is 0 Å². The molecule has 0 atom stereocenters. The van der Waals surface area contributed by atoms with Crippen LogP contribution in [0.4, 0.5) is 4.79 Å². The van der Waals surface area contributed by atoms with Gasteiger partial charge in [-0.2, -0.15) is 4.99 Å². The molecule has 22 heavy (non-hydrogen) atoms. The van der Waals surface area contributed by atoms with Gasteiger partial charge in [0, 0.05) is 18.0 Å².